The lowest BCUT2D eigenvalue weighted by molar-refractivity contribution is -0.140. The van der Waals surface area contributed by atoms with Crippen LogP contribution in [0.2, 0.25) is 0 Å². The summed E-state index contributed by atoms with van der Waals surface area (Å²) in [4.78, 5) is 25.6. The van der Waals surface area contributed by atoms with Gasteiger partial charge in [-0.25, -0.2) is 0 Å². The molecule has 1 aromatic rings. The molecule has 0 spiro atoms. The van der Waals surface area contributed by atoms with Crippen LogP contribution in [0, 0.1) is 0 Å². The molecule has 0 bridgehead atoms. The zero-order valence-corrected chi connectivity index (χ0v) is 14.9. The number of furan rings is 1. The number of rotatable bonds is 7. The molecule has 0 saturated carbocycles. The van der Waals surface area contributed by atoms with E-state index in [-0.39, 0.29) is 24.1 Å². The Labute approximate surface area is 144 Å². The second-order valence-electron chi connectivity index (χ2n) is 5.58. The topological polar surface area (TPSA) is 59.8 Å². The van der Waals surface area contributed by atoms with Gasteiger partial charge in [0.05, 0.1) is 13.5 Å². The third-order valence-corrected chi connectivity index (χ3v) is 4.40. The van der Waals surface area contributed by atoms with Crippen LogP contribution in [-0.4, -0.2) is 37.0 Å². The van der Waals surface area contributed by atoms with Crippen molar-refractivity contribution in [3.63, 3.8) is 0 Å². The molecular weight excluding hydrogens is 362 g/mol. The van der Waals surface area contributed by atoms with Crippen molar-refractivity contribution < 1.29 is 18.7 Å². The highest BCUT2D eigenvalue weighted by Gasteiger charge is 2.20. The molecule has 6 heteroatoms. The zero-order chi connectivity index (χ0) is 16.7. The van der Waals surface area contributed by atoms with Crippen LogP contribution in [0.3, 0.4) is 0 Å². The highest BCUT2D eigenvalue weighted by molar-refractivity contribution is 9.10. The Bertz CT molecular complexity index is 579. The average molecular weight is 384 g/mol. The lowest BCUT2D eigenvalue weighted by Crippen LogP contribution is -2.34. The smallest absolute Gasteiger partial charge is 0.307 e. The van der Waals surface area contributed by atoms with Crippen LogP contribution in [-0.2, 0) is 9.53 Å². The van der Waals surface area contributed by atoms with E-state index in [1.807, 2.05) is 0 Å². The number of methoxy groups -OCH3 is 1. The molecule has 2 rings (SSSR count). The largest absolute Gasteiger partial charge is 0.469 e. The minimum absolute atomic E-state index is 0.184. The van der Waals surface area contributed by atoms with Crippen molar-refractivity contribution in [3.05, 3.63) is 34.2 Å². The fourth-order valence-corrected chi connectivity index (χ4v) is 2.95. The molecule has 23 heavy (non-hydrogen) atoms. The van der Waals surface area contributed by atoms with Crippen molar-refractivity contribution in [3.8, 4) is 0 Å². The molecule has 126 valence electrons. The van der Waals surface area contributed by atoms with Gasteiger partial charge in [0.1, 0.15) is 0 Å². The first-order valence-corrected chi connectivity index (χ1v) is 8.69. The molecule has 0 saturated heterocycles. The SMILES string of the molecule is COC(=O)CCN(CCC1=CCCCC1)C(=O)c1ccc(Br)o1. The Morgan fingerprint density at radius 2 is 2.13 bits per heavy atom. The van der Waals surface area contributed by atoms with Crippen LogP contribution in [0.4, 0.5) is 0 Å². The van der Waals surface area contributed by atoms with Gasteiger partial charge in [0.2, 0.25) is 0 Å². The van der Waals surface area contributed by atoms with E-state index in [9.17, 15) is 9.59 Å². The predicted molar refractivity (Wildman–Crippen MR) is 90.1 cm³/mol. The summed E-state index contributed by atoms with van der Waals surface area (Å²) < 4.78 is 10.5. The molecule has 1 heterocycles. The van der Waals surface area contributed by atoms with Gasteiger partial charge >= 0.3 is 5.97 Å². The van der Waals surface area contributed by atoms with Gasteiger partial charge in [0.25, 0.3) is 5.91 Å². The molecule has 0 aromatic carbocycles. The lowest BCUT2D eigenvalue weighted by atomic mass is 9.97. The third-order valence-electron chi connectivity index (χ3n) is 3.97. The van der Waals surface area contributed by atoms with Gasteiger partial charge in [0, 0.05) is 13.1 Å². The maximum atomic E-state index is 12.6. The third kappa shape index (κ3) is 5.53. The quantitative estimate of drug-likeness (QED) is 0.528. The standard InChI is InChI=1S/C17H22BrNO4/c1-22-16(20)10-12-19(11-9-13-5-3-2-4-6-13)17(21)14-7-8-15(18)23-14/h5,7-8H,2-4,6,9-12H2,1H3. The Morgan fingerprint density at radius 3 is 2.74 bits per heavy atom. The van der Waals surface area contributed by atoms with E-state index in [1.165, 1.54) is 25.5 Å². The van der Waals surface area contributed by atoms with Crippen LogP contribution in [0.25, 0.3) is 0 Å². The monoisotopic (exact) mass is 383 g/mol. The number of hydrogen-bond acceptors (Lipinski definition) is 4. The summed E-state index contributed by atoms with van der Waals surface area (Å²) in [5.74, 6) is -0.240. The first-order chi connectivity index (χ1) is 11.1. The summed E-state index contributed by atoms with van der Waals surface area (Å²) in [5, 5.41) is 0. The zero-order valence-electron chi connectivity index (χ0n) is 13.3. The highest BCUT2D eigenvalue weighted by Crippen LogP contribution is 2.21. The van der Waals surface area contributed by atoms with Crippen molar-refractivity contribution in [2.45, 2.75) is 38.5 Å². The Kier molecular flexibility index (Phi) is 6.89. The van der Waals surface area contributed by atoms with E-state index in [4.69, 9.17) is 4.42 Å². The highest BCUT2D eigenvalue weighted by atomic mass is 79.9. The van der Waals surface area contributed by atoms with Crippen LogP contribution in [0.5, 0.6) is 0 Å². The number of hydrogen-bond donors (Lipinski definition) is 0. The molecule has 1 aliphatic rings. The molecule has 0 N–H and O–H groups in total. The number of esters is 1. The van der Waals surface area contributed by atoms with E-state index in [2.05, 4.69) is 26.7 Å². The molecular formula is C17H22BrNO4. The van der Waals surface area contributed by atoms with E-state index >= 15 is 0 Å². The van der Waals surface area contributed by atoms with Gasteiger partial charge in [0.15, 0.2) is 10.4 Å². The van der Waals surface area contributed by atoms with Crippen LogP contribution in [0.1, 0.15) is 49.1 Å². The summed E-state index contributed by atoms with van der Waals surface area (Å²) in [6.07, 6.45) is 7.98. The summed E-state index contributed by atoms with van der Waals surface area (Å²) in [6.45, 7) is 0.914. The Morgan fingerprint density at radius 1 is 1.30 bits per heavy atom. The lowest BCUT2D eigenvalue weighted by Gasteiger charge is -2.23. The second-order valence-corrected chi connectivity index (χ2v) is 6.36. The molecule has 1 aliphatic carbocycles. The fourth-order valence-electron chi connectivity index (χ4n) is 2.64. The van der Waals surface area contributed by atoms with Crippen LogP contribution < -0.4 is 0 Å². The minimum atomic E-state index is -0.319. The normalized spacial score (nSPS) is 14.3. The van der Waals surface area contributed by atoms with Gasteiger partial charge in [-0.15, -0.1) is 0 Å². The van der Waals surface area contributed by atoms with Gasteiger partial charge in [-0.2, -0.15) is 0 Å². The number of carbonyl (C=O) groups excluding carboxylic acids is 2. The summed E-state index contributed by atoms with van der Waals surface area (Å²) in [7, 11) is 1.35. The fraction of sp³-hybridized carbons (Fsp3) is 0.529. The van der Waals surface area contributed by atoms with Crippen LogP contribution >= 0.6 is 15.9 Å². The van der Waals surface area contributed by atoms with E-state index in [0.29, 0.717) is 17.8 Å². The summed E-state index contributed by atoms with van der Waals surface area (Å²) >= 11 is 3.20. The molecule has 0 radical (unpaired) electrons. The van der Waals surface area contributed by atoms with E-state index in [1.54, 1.807) is 17.0 Å². The van der Waals surface area contributed by atoms with Crippen molar-refractivity contribution in [1.82, 2.24) is 4.90 Å². The second kappa shape index (κ2) is 8.91. The van der Waals surface area contributed by atoms with Gasteiger partial charge < -0.3 is 14.1 Å². The van der Waals surface area contributed by atoms with Crippen molar-refractivity contribution in [2.75, 3.05) is 20.2 Å². The minimum Gasteiger partial charge on any atom is -0.469 e. The molecule has 0 atom stereocenters. The average Bonchev–Trinajstić information content (AvgIpc) is 3.01. The number of nitrogens with zero attached hydrogens (tertiary/aromatic N) is 1. The van der Waals surface area contributed by atoms with Crippen molar-refractivity contribution >= 4 is 27.8 Å². The molecule has 0 fully saturated rings. The number of carbonyl (C=O) groups is 2. The first-order valence-electron chi connectivity index (χ1n) is 7.89. The first kappa shape index (κ1) is 17.8. The van der Waals surface area contributed by atoms with Gasteiger partial charge in [-0.05, 0) is 60.2 Å². The van der Waals surface area contributed by atoms with Crippen molar-refractivity contribution in [2.24, 2.45) is 0 Å². The van der Waals surface area contributed by atoms with Gasteiger partial charge in [-0.1, -0.05) is 11.6 Å². The van der Waals surface area contributed by atoms with E-state index < -0.39 is 0 Å². The number of ether oxygens (including phenoxy) is 1. The predicted octanol–water partition coefficient (Wildman–Crippen LogP) is 3.94. The molecule has 1 aromatic heterocycles. The Balaban J connectivity index is 1.99. The maximum Gasteiger partial charge on any atom is 0.307 e. The summed E-state index contributed by atoms with van der Waals surface area (Å²) in [5.41, 5.74) is 1.40. The maximum absolute atomic E-state index is 12.6. The number of amides is 1. The molecule has 0 aliphatic heterocycles. The van der Waals surface area contributed by atoms with Crippen molar-refractivity contribution in [1.29, 1.82) is 0 Å². The number of allylic oxidation sites excluding steroid dienone is 1. The van der Waals surface area contributed by atoms with Gasteiger partial charge in [-0.3, -0.25) is 9.59 Å². The molecule has 1 amide bonds. The van der Waals surface area contributed by atoms with Crippen LogP contribution in [0.15, 0.2) is 32.9 Å². The van der Waals surface area contributed by atoms with E-state index in [0.717, 1.165) is 19.3 Å². The Hall–Kier alpha value is -1.56. The number of halogens is 1. The summed E-state index contributed by atoms with van der Waals surface area (Å²) in [6, 6.07) is 3.33. The molecule has 5 nitrogen and oxygen atoms in total. The molecule has 0 unspecified atom stereocenters.